The lowest BCUT2D eigenvalue weighted by Crippen LogP contribution is -2.52. The van der Waals surface area contributed by atoms with Gasteiger partial charge in [0.2, 0.25) is 0 Å². The van der Waals surface area contributed by atoms with Crippen molar-refractivity contribution in [2.75, 3.05) is 39.5 Å². The van der Waals surface area contributed by atoms with Gasteiger partial charge < -0.3 is 23.5 Å². The molecule has 0 aliphatic carbocycles. The van der Waals surface area contributed by atoms with Crippen LogP contribution in [0.3, 0.4) is 0 Å². The maximum Gasteiger partial charge on any atom is 0.289 e. The number of carbonyl (C=O) groups excluding carboxylic acids is 1. The van der Waals surface area contributed by atoms with Crippen molar-refractivity contribution in [1.29, 1.82) is 0 Å². The first kappa shape index (κ1) is 18.9. The Labute approximate surface area is 156 Å². The third-order valence-electron chi connectivity index (χ3n) is 4.98. The van der Waals surface area contributed by atoms with Crippen molar-refractivity contribution >= 4 is 21.8 Å². The Hall–Kier alpha value is -0.890. The van der Waals surface area contributed by atoms with Crippen LogP contribution in [-0.4, -0.2) is 62.0 Å². The standard InChI is InChI=1S/C18H26BrNO5/c1-2-22-11-12-23-14-5-10-24-18(13-14)6-8-20(9-7-18)17(21)15-3-4-16(19)25-15/h3-4,14H,2,5-13H2,1H3. The third-order valence-corrected chi connectivity index (χ3v) is 5.41. The summed E-state index contributed by atoms with van der Waals surface area (Å²) < 4.78 is 23.4. The fourth-order valence-corrected chi connectivity index (χ4v) is 3.90. The van der Waals surface area contributed by atoms with E-state index >= 15 is 0 Å². The molecule has 0 aromatic carbocycles. The highest BCUT2D eigenvalue weighted by Gasteiger charge is 2.41. The molecule has 0 saturated carbocycles. The van der Waals surface area contributed by atoms with Crippen LogP contribution in [0, 0.1) is 0 Å². The van der Waals surface area contributed by atoms with Crippen LogP contribution in [0.25, 0.3) is 0 Å². The second-order valence-electron chi connectivity index (χ2n) is 6.61. The van der Waals surface area contributed by atoms with E-state index < -0.39 is 0 Å². The van der Waals surface area contributed by atoms with Gasteiger partial charge in [0.25, 0.3) is 5.91 Å². The number of amides is 1. The van der Waals surface area contributed by atoms with Crippen molar-refractivity contribution in [3.05, 3.63) is 22.6 Å². The van der Waals surface area contributed by atoms with Crippen LogP contribution in [0.1, 0.15) is 43.2 Å². The highest BCUT2D eigenvalue weighted by atomic mass is 79.9. The Balaban J connectivity index is 1.49. The molecule has 2 fully saturated rings. The summed E-state index contributed by atoms with van der Waals surface area (Å²) in [6, 6.07) is 3.45. The lowest BCUT2D eigenvalue weighted by molar-refractivity contribution is -0.155. The predicted molar refractivity (Wildman–Crippen MR) is 95.7 cm³/mol. The molecule has 2 aliphatic heterocycles. The summed E-state index contributed by atoms with van der Waals surface area (Å²) in [6.07, 6.45) is 3.72. The lowest BCUT2D eigenvalue weighted by atomic mass is 9.83. The summed E-state index contributed by atoms with van der Waals surface area (Å²) >= 11 is 3.24. The van der Waals surface area contributed by atoms with Crippen LogP contribution in [0.5, 0.6) is 0 Å². The van der Waals surface area contributed by atoms with Gasteiger partial charge in [-0.1, -0.05) is 0 Å². The zero-order valence-corrected chi connectivity index (χ0v) is 16.3. The number of hydrogen-bond acceptors (Lipinski definition) is 5. The van der Waals surface area contributed by atoms with Gasteiger partial charge in [0, 0.05) is 32.7 Å². The van der Waals surface area contributed by atoms with E-state index in [2.05, 4.69) is 15.9 Å². The Morgan fingerprint density at radius 1 is 1.36 bits per heavy atom. The van der Waals surface area contributed by atoms with Gasteiger partial charge in [-0.25, -0.2) is 0 Å². The van der Waals surface area contributed by atoms with Crippen molar-refractivity contribution < 1.29 is 23.4 Å². The highest BCUT2D eigenvalue weighted by Crippen LogP contribution is 2.36. The fraction of sp³-hybridized carbons (Fsp3) is 0.722. The molecule has 140 valence electrons. The van der Waals surface area contributed by atoms with Gasteiger partial charge in [-0.05, 0) is 54.2 Å². The molecule has 0 radical (unpaired) electrons. The number of rotatable bonds is 6. The van der Waals surface area contributed by atoms with E-state index in [-0.39, 0.29) is 17.6 Å². The lowest BCUT2D eigenvalue weighted by Gasteiger charge is -2.45. The Bertz CT molecular complexity index is 568. The molecule has 1 atom stereocenters. The number of nitrogens with zero attached hydrogens (tertiary/aromatic N) is 1. The SMILES string of the molecule is CCOCCOC1CCOC2(CCN(C(=O)c3ccc(Br)o3)CC2)C1. The van der Waals surface area contributed by atoms with E-state index in [1.807, 2.05) is 11.8 Å². The molecule has 3 heterocycles. The van der Waals surface area contributed by atoms with Crippen molar-refractivity contribution in [2.45, 2.75) is 44.3 Å². The van der Waals surface area contributed by atoms with Crippen LogP contribution in [-0.2, 0) is 14.2 Å². The zero-order valence-electron chi connectivity index (χ0n) is 14.7. The van der Waals surface area contributed by atoms with Crippen LogP contribution in [0.2, 0.25) is 0 Å². The number of hydrogen-bond donors (Lipinski definition) is 0. The van der Waals surface area contributed by atoms with Crippen LogP contribution >= 0.6 is 15.9 Å². The van der Waals surface area contributed by atoms with Gasteiger partial charge in [0.15, 0.2) is 10.4 Å². The number of likely N-dealkylation sites (tertiary alicyclic amines) is 1. The molecule has 1 spiro atoms. The molecule has 2 saturated heterocycles. The van der Waals surface area contributed by atoms with Gasteiger partial charge in [-0.2, -0.15) is 0 Å². The molecule has 3 rings (SSSR count). The maximum atomic E-state index is 12.5. The fourth-order valence-electron chi connectivity index (χ4n) is 3.59. The molecular weight excluding hydrogens is 390 g/mol. The molecule has 1 unspecified atom stereocenters. The van der Waals surface area contributed by atoms with E-state index in [9.17, 15) is 4.79 Å². The summed E-state index contributed by atoms with van der Waals surface area (Å²) in [5, 5.41) is 0. The van der Waals surface area contributed by atoms with E-state index in [0.29, 0.717) is 36.7 Å². The molecule has 1 amide bonds. The summed E-state index contributed by atoms with van der Waals surface area (Å²) in [6.45, 7) is 6.07. The van der Waals surface area contributed by atoms with Gasteiger partial charge in [-0.3, -0.25) is 4.79 Å². The zero-order chi connectivity index (χ0) is 17.7. The van der Waals surface area contributed by atoms with Crippen molar-refractivity contribution in [2.24, 2.45) is 0 Å². The number of halogens is 1. The van der Waals surface area contributed by atoms with E-state index in [4.69, 9.17) is 18.6 Å². The smallest absolute Gasteiger partial charge is 0.289 e. The number of carbonyl (C=O) groups is 1. The minimum atomic E-state index is -0.158. The first-order valence-corrected chi connectivity index (χ1v) is 9.79. The molecule has 1 aromatic rings. The van der Waals surface area contributed by atoms with E-state index in [0.717, 1.165) is 38.9 Å². The van der Waals surface area contributed by atoms with Crippen molar-refractivity contribution in [1.82, 2.24) is 4.90 Å². The summed E-state index contributed by atoms with van der Waals surface area (Å²) in [7, 11) is 0. The second-order valence-corrected chi connectivity index (χ2v) is 7.39. The molecule has 0 bridgehead atoms. The molecule has 7 heteroatoms. The highest BCUT2D eigenvalue weighted by molar-refractivity contribution is 9.10. The molecule has 1 aromatic heterocycles. The topological polar surface area (TPSA) is 61.1 Å². The monoisotopic (exact) mass is 415 g/mol. The first-order valence-electron chi connectivity index (χ1n) is 9.00. The van der Waals surface area contributed by atoms with Gasteiger partial charge in [0.1, 0.15) is 0 Å². The van der Waals surface area contributed by atoms with Crippen LogP contribution < -0.4 is 0 Å². The van der Waals surface area contributed by atoms with Crippen molar-refractivity contribution in [3.8, 4) is 0 Å². The predicted octanol–water partition coefficient (Wildman–Crippen LogP) is 3.25. The minimum absolute atomic E-state index is 0.0547. The van der Waals surface area contributed by atoms with E-state index in [1.54, 1.807) is 12.1 Å². The minimum Gasteiger partial charge on any atom is -0.444 e. The number of piperidine rings is 1. The molecule has 0 N–H and O–H groups in total. The Morgan fingerprint density at radius 2 is 2.16 bits per heavy atom. The molecular formula is C18H26BrNO5. The van der Waals surface area contributed by atoms with Crippen LogP contribution in [0.15, 0.2) is 21.2 Å². The van der Waals surface area contributed by atoms with Gasteiger partial charge >= 0.3 is 0 Å². The maximum absolute atomic E-state index is 12.5. The normalized spacial score (nSPS) is 23.1. The average molecular weight is 416 g/mol. The van der Waals surface area contributed by atoms with Gasteiger partial charge in [0.05, 0.1) is 24.9 Å². The largest absolute Gasteiger partial charge is 0.444 e. The Kier molecular flexibility index (Phi) is 6.55. The third kappa shape index (κ3) is 4.84. The van der Waals surface area contributed by atoms with Crippen molar-refractivity contribution in [3.63, 3.8) is 0 Å². The first-order chi connectivity index (χ1) is 12.1. The molecule has 6 nitrogen and oxygen atoms in total. The molecule has 2 aliphatic rings. The van der Waals surface area contributed by atoms with Crippen LogP contribution in [0.4, 0.5) is 0 Å². The second kappa shape index (κ2) is 8.66. The van der Waals surface area contributed by atoms with Gasteiger partial charge in [-0.15, -0.1) is 0 Å². The number of furan rings is 1. The number of ether oxygens (including phenoxy) is 3. The summed E-state index contributed by atoms with van der Waals surface area (Å²) in [5.41, 5.74) is -0.158. The molecule has 25 heavy (non-hydrogen) atoms. The summed E-state index contributed by atoms with van der Waals surface area (Å²) in [4.78, 5) is 14.3. The summed E-state index contributed by atoms with van der Waals surface area (Å²) in [5.74, 6) is 0.324. The van der Waals surface area contributed by atoms with E-state index in [1.165, 1.54) is 0 Å². The quantitative estimate of drug-likeness (QED) is 0.667. The Morgan fingerprint density at radius 3 is 2.84 bits per heavy atom. The average Bonchev–Trinajstić information content (AvgIpc) is 3.06.